The van der Waals surface area contributed by atoms with Gasteiger partial charge < -0.3 is 0 Å². The van der Waals surface area contributed by atoms with Crippen LogP contribution in [0.15, 0.2) is 23.2 Å². The zero-order valence-electron chi connectivity index (χ0n) is 6.59. The molecule has 0 aliphatic heterocycles. The maximum Gasteiger partial charge on any atom is 0.0771 e. The van der Waals surface area contributed by atoms with E-state index in [1.165, 1.54) is 5.56 Å². The van der Waals surface area contributed by atoms with Crippen molar-refractivity contribution in [2.45, 2.75) is 13.8 Å². The molecule has 0 atom stereocenters. The van der Waals surface area contributed by atoms with E-state index in [2.05, 4.69) is 28.4 Å². The third-order valence-electron chi connectivity index (χ3n) is 1.53. The van der Waals surface area contributed by atoms with Crippen molar-refractivity contribution in [3.63, 3.8) is 0 Å². The van der Waals surface area contributed by atoms with Gasteiger partial charge in [0.15, 0.2) is 0 Å². The molecule has 0 N–H and O–H groups in total. The molecular formula is C9H9NS. The molecule has 56 valence electrons. The van der Waals surface area contributed by atoms with E-state index in [0.29, 0.717) is 0 Å². The third-order valence-corrected chi connectivity index (χ3v) is 1.62. The predicted molar refractivity (Wildman–Crippen MR) is 50.6 cm³/mol. The van der Waals surface area contributed by atoms with Crippen LogP contribution in [-0.2, 0) is 0 Å². The molecule has 2 heteroatoms. The Kier molecular flexibility index (Phi) is 2.53. The first kappa shape index (κ1) is 8.12. The van der Waals surface area contributed by atoms with Crippen LogP contribution in [0.25, 0.3) is 0 Å². The van der Waals surface area contributed by atoms with Crippen LogP contribution in [0, 0.1) is 13.8 Å². The van der Waals surface area contributed by atoms with Crippen molar-refractivity contribution >= 4 is 23.1 Å². The minimum atomic E-state index is 0.917. The summed E-state index contributed by atoms with van der Waals surface area (Å²) in [6.45, 7) is 4.03. The molecule has 0 heterocycles. The topological polar surface area (TPSA) is 12.4 Å². The van der Waals surface area contributed by atoms with Crippen molar-refractivity contribution < 1.29 is 0 Å². The zero-order valence-corrected chi connectivity index (χ0v) is 7.40. The largest absolute Gasteiger partial charge is 0.194 e. The van der Waals surface area contributed by atoms with Crippen molar-refractivity contribution in [2.75, 3.05) is 0 Å². The summed E-state index contributed by atoms with van der Waals surface area (Å²) in [5, 5.41) is 2.36. The summed E-state index contributed by atoms with van der Waals surface area (Å²) in [5.74, 6) is 0. The van der Waals surface area contributed by atoms with Crippen LogP contribution in [0.2, 0.25) is 0 Å². The lowest BCUT2D eigenvalue weighted by atomic mass is 10.1. The first-order valence-electron chi connectivity index (χ1n) is 3.39. The van der Waals surface area contributed by atoms with Gasteiger partial charge in [-0.05, 0) is 43.3 Å². The van der Waals surface area contributed by atoms with Crippen molar-refractivity contribution in [1.82, 2.24) is 0 Å². The van der Waals surface area contributed by atoms with Gasteiger partial charge in [-0.2, -0.15) is 4.99 Å². The lowest BCUT2D eigenvalue weighted by Gasteiger charge is -1.98. The second kappa shape index (κ2) is 3.42. The number of aliphatic imine (C=N–C) groups is 1. The van der Waals surface area contributed by atoms with E-state index in [1.807, 2.05) is 26.0 Å². The summed E-state index contributed by atoms with van der Waals surface area (Å²) in [6, 6.07) is 6.08. The van der Waals surface area contributed by atoms with Gasteiger partial charge in [0.1, 0.15) is 0 Å². The molecule has 0 saturated carbocycles. The zero-order chi connectivity index (χ0) is 8.27. The second-order valence-corrected chi connectivity index (χ2v) is 2.68. The molecule has 0 radical (unpaired) electrons. The summed E-state index contributed by atoms with van der Waals surface area (Å²) in [5.41, 5.74) is 3.24. The van der Waals surface area contributed by atoms with Crippen LogP contribution in [0.4, 0.5) is 5.69 Å². The number of rotatable bonds is 1. The van der Waals surface area contributed by atoms with E-state index < -0.39 is 0 Å². The Bertz CT molecular complexity index is 311. The van der Waals surface area contributed by atoms with E-state index in [9.17, 15) is 0 Å². The Hall–Kier alpha value is -0.980. The smallest absolute Gasteiger partial charge is 0.0771 e. The molecule has 0 spiro atoms. The lowest BCUT2D eigenvalue weighted by molar-refractivity contribution is 1.36. The highest BCUT2D eigenvalue weighted by atomic mass is 32.1. The van der Waals surface area contributed by atoms with Gasteiger partial charge in [-0.3, -0.25) is 0 Å². The van der Waals surface area contributed by atoms with Gasteiger partial charge in [0.2, 0.25) is 0 Å². The second-order valence-electron chi connectivity index (χ2n) is 2.49. The highest BCUT2D eigenvalue weighted by Gasteiger charge is 1.93. The summed E-state index contributed by atoms with van der Waals surface area (Å²) in [4.78, 5) is 3.93. The molecule has 0 saturated heterocycles. The van der Waals surface area contributed by atoms with E-state index >= 15 is 0 Å². The molecule has 1 aromatic carbocycles. The highest BCUT2D eigenvalue weighted by Crippen LogP contribution is 2.18. The summed E-state index contributed by atoms with van der Waals surface area (Å²) in [7, 11) is 0. The lowest BCUT2D eigenvalue weighted by Crippen LogP contribution is -1.75. The van der Waals surface area contributed by atoms with Crippen molar-refractivity contribution in [3.8, 4) is 0 Å². The first-order chi connectivity index (χ1) is 5.24. The number of hydrogen-bond donors (Lipinski definition) is 0. The standard InChI is InChI=1S/C9H9NS/c1-7-3-4-8(2)9(5-7)10-6-11/h3-5H,1-2H3. The Labute approximate surface area is 71.8 Å². The van der Waals surface area contributed by atoms with Crippen LogP contribution in [0.3, 0.4) is 0 Å². The SMILES string of the molecule is Cc1ccc(C)c(N=C=S)c1. The van der Waals surface area contributed by atoms with Gasteiger partial charge in [-0.25, -0.2) is 0 Å². The molecule has 0 aliphatic carbocycles. The van der Waals surface area contributed by atoms with E-state index in [4.69, 9.17) is 0 Å². The van der Waals surface area contributed by atoms with E-state index in [-0.39, 0.29) is 0 Å². The number of hydrogen-bond acceptors (Lipinski definition) is 2. The molecule has 0 amide bonds. The quantitative estimate of drug-likeness (QED) is 0.458. The van der Waals surface area contributed by atoms with Crippen LogP contribution >= 0.6 is 12.2 Å². The van der Waals surface area contributed by atoms with Gasteiger partial charge in [-0.1, -0.05) is 12.1 Å². The molecule has 1 aromatic rings. The monoisotopic (exact) mass is 163 g/mol. The van der Waals surface area contributed by atoms with E-state index in [1.54, 1.807) is 0 Å². The third kappa shape index (κ3) is 1.97. The molecule has 0 bridgehead atoms. The average molecular weight is 163 g/mol. The Morgan fingerprint density at radius 2 is 2.09 bits per heavy atom. The predicted octanol–water partition coefficient (Wildman–Crippen LogP) is 3.04. The highest BCUT2D eigenvalue weighted by molar-refractivity contribution is 7.78. The summed E-state index contributed by atoms with van der Waals surface area (Å²) < 4.78 is 0. The molecule has 11 heavy (non-hydrogen) atoms. The summed E-state index contributed by atoms with van der Waals surface area (Å²) in [6.07, 6.45) is 0. The Morgan fingerprint density at radius 1 is 1.36 bits per heavy atom. The minimum Gasteiger partial charge on any atom is -0.194 e. The van der Waals surface area contributed by atoms with Gasteiger partial charge >= 0.3 is 0 Å². The van der Waals surface area contributed by atoms with Gasteiger partial charge in [0.25, 0.3) is 0 Å². The fraction of sp³-hybridized carbons (Fsp3) is 0.222. The maximum absolute atomic E-state index is 4.52. The number of isothiocyanates is 1. The molecule has 0 aliphatic rings. The summed E-state index contributed by atoms with van der Waals surface area (Å²) >= 11 is 4.52. The number of benzene rings is 1. The van der Waals surface area contributed by atoms with Crippen LogP contribution in [-0.4, -0.2) is 5.16 Å². The number of nitrogens with zero attached hydrogens (tertiary/aromatic N) is 1. The van der Waals surface area contributed by atoms with Crippen LogP contribution in [0.1, 0.15) is 11.1 Å². The normalized spacial score (nSPS) is 8.91. The molecule has 0 unspecified atom stereocenters. The maximum atomic E-state index is 4.52. The van der Waals surface area contributed by atoms with E-state index in [0.717, 1.165) is 11.3 Å². The fourth-order valence-electron chi connectivity index (χ4n) is 0.889. The van der Waals surface area contributed by atoms with Crippen LogP contribution < -0.4 is 0 Å². The fourth-order valence-corrected chi connectivity index (χ4v) is 0.987. The molecule has 0 fully saturated rings. The number of aryl methyl sites for hydroxylation is 2. The Balaban J connectivity index is 3.22. The molecule has 0 aromatic heterocycles. The Morgan fingerprint density at radius 3 is 2.73 bits per heavy atom. The molecule has 1 rings (SSSR count). The van der Waals surface area contributed by atoms with Crippen molar-refractivity contribution in [3.05, 3.63) is 29.3 Å². The average Bonchev–Trinajstić information content (AvgIpc) is 1.98. The molecular weight excluding hydrogens is 154 g/mol. The number of thiocarbonyl (C=S) groups is 1. The van der Waals surface area contributed by atoms with Crippen molar-refractivity contribution in [1.29, 1.82) is 0 Å². The van der Waals surface area contributed by atoms with Gasteiger partial charge in [0, 0.05) is 0 Å². The van der Waals surface area contributed by atoms with Gasteiger partial charge in [-0.15, -0.1) is 0 Å². The van der Waals surface area contributed by atoms with Gasteiger partial charge in [0.05, 0.1) is 10.8 Å². The van der Waals surface area contributed by atoms with Crippen LogP contribution in [0.5, 0.6) is 0 Å². The molecule has 1 nitrogen and oxygen atoms in total. The van der Waals surface area contributed by atoms with Crippen molar-refractivity contribution in [2.24, 2.45) is 4.99 Å². The minimum absolute atomic E-state index is 0.917. The first-order valence-corrected chi connectivity index (χ1v) is 3.80.